The third-order valence-corrected chi connectivity index (χ3v) is 2.30. The minimum Gasteiger partial charge on any atom is -0.481 e. The number of carboxylic acid groups (broad SMARTS) is 2. The molecular formula is C14H26O5. The molecule has 0 heterocycles. The molecule has 5 nitrogen and oxygen atoms in total. The fourth-order valence-electron chi connectivity index (χ4n) is 1.38. The summed E-state index contributed by atoms with van der Waals surface area (Å²) in [5, 5.41) is 24.8. The van der Waals surface area contributed by atoms with Crippen LogP contribution in [0.2, 0.25) is 0 Å². The number of aliphatic carboxylic acids is 2. The van der Waals surface area contributed by atoms with Gasteiger partial charge >= 0.3 is 11.9 Å². The van der Waals surface area contributed by atoms with Crippen LogP contribution >= 0.6 is 0 Å². The van der Waals surface area contributed by atoms with Gasteiger partial charge in [-0.3, -0.25) is 9.59 Å². The van der Waals surface area contributed by atoms with E-state index in [1.807, 2.05) is 0 Å². The van der Waals surface area contributed by atoms with E-state index in [0.717, 1.165) is 19.3 Å². The van der Waals surface area contributed by atoms with Crippen molar-refractivity contribution in [2.75, 3.05) is 6.61 Å². The minimum absolute atomic E-state index is 0.250. The monoisotopic (exact) mass is 274 g/mol. The molecule has 0 amide bonds. The van der Waals surface area contributed by atoms with Gasteiger partial charge in [-0.2, -0.15) is 0 Å². The highest BCUT2D eigenvalue weighted by Gasteiger charge is 2.17. The standard InChI is InChI=1S/C12H20O4.C2H6O/c1-2-3-4-5-6-7-8-10(12(15)16)9-11(13)14;1-2-3/h7-8,10H,2-6,9H2,1H3,(H,13,14)(H,15,16);3H,2H2,1H3. The number of aliphatic hydroxyl groups excluding tert-OH is 1. The average Bonchev–Trinajstić information content (AvgIpc) is 2.32. The van der Waals surface area contributed by atoms with Crippen molar-refractivity contribution in [3.05, 3.63) is 12.2 Å². The molecule has 1 atom stereocenters. The molecule has 0 aliphatic carbocycles. The molecule has 1 unspecified atom stereocenters. The van der Waals surface area contributed by atoms with E-state index in [1.54, 1.807) is 13.0 Å². The van der Waals surface area contributed by atoms with E-state index >= 15 is 0 Å². The highest BCUT2D eigenvalue weighted by Crippen LogP contribution is 2.08. The van der Waals surface area contributed by atoms with E-state index in [-0.39, 0.29) is 13.0 Å². The second-order valence-corrected chi connectivity index (χ2v) is 4.14. The Kier molecular flexibility index (Phi) is 15.4. The van der Waals surface area contributed by atoms with Gasteiger partial charge in [0.05, 0.1) is 12.3 Å². The maximum atomic E-state index is 10.7. The van der Waals surface area contributed by atoms with E-state index in [2.05, 4.69) is 6.92 Å². The van der Waals surface area contributed by atoms with Crippen LogP contribution in [-0.2, 0) is 9.59 Å². The van der Waals surface area contributed by atoms with Crippen LogP contribution in [0.4, 0.5) is 0 Å². The molecule has 0 fully saturated rings. The molecular weight excluding hydrogens is 248 g/mol. The van der Waals surface area contributed by atoms with Crippen LogP contribution in [-0.4, -0.2) is 33.9 Å². The van der Waals surface area contributed by atoms with Crippen LogP contribution in [0.1, 0.15) is 52.4 Å². The van der Waals surface area contributed by atoms with Crippen molar-refractivity contribution in [1.82, 2.24) is 0 Å². The number of rotatable bonds is 9. The zero-order valence-corrected chi connectivity index (χ0v) is 11.8. The van der Waals surface area contributed by atoms with Crippen LogP contribution < -0.4 is 0 Å². The first-order valence-electron chi connectivity index (χ1n) is 6.71. The van der Waals surface area contributed by atoms with Gasteiger partial charge in [0.25, 0.3) is 0 Å². The Bertz CT molecular complexity index is 261. The normalized spacial score (nSPS) is 11.7. The number of carbonyl (C=O) groups is 2. The molecule has 0 bridgehead atoms. The summed E-state index contributed by atoms with van der Waals surface area (Å²) in [7, 11) is 0. The lowest BCUT2D eigenvalue weighted by atomic mass is 10.0. The van der Waals surface area contributed by atoms with Gasteiger partial charge in [0.2, 0.25) is 0 Å². The summed E-state index contributed by atoms with van der Waals surface area (Å²) in [5.74, 6) is -3.06. The Hall–Kier alpha value is -1.36. The van der Waals surface area contributed by atoms with Crippen LogP contribution in [0.15, 0.2) is 12.2 Å². The first-order chi connectivity index (χ1) is 8.99. The number of aliphatic hydroxyl groups is 1. The lowest BCUT2D eigenvalue weighted by Gasteiger charge is -2.03. The van der Waals surface area contributed by atoms with E-state index < -0.39 is 17.9 Å². The molecule has 0 rings (SSSR count). The zero-order valence-electron chi connectivity index (χ0n) is 11.8. The van der Waals surface area contributed by atoms with Crippen molar-refractivity contribution in [3.8, 4) is 0 Å². The summed E-state index contributed by atoms with van der Waals surface area (Å²) < 4.78 is 0. The first kappa shape index (κ1) is 20.0. The highest BCUT2D eigenvalue weighted by molar-refractivity contribution is 5.79. The predicted octanol–water partition coefficient (Wildman–Crippen LogP) is 2.69. The van der Waals surface area contributed by atoms with E-state index in [1.165, 1.54) is 18.9 Å². The number of carboxylic acids is 2. The maximum Gasteiger partial charge on any atom is 0.310 e. The van der Waals surface area contributed by atoms with Crippen molar-refractivity contribution >= 4 is 11.9 Å². The first-order valence-corrected chi connectivity index (χ1v) is 6.71. The molecule has 0 aliphatic heterocycles. The Morgan fingerprint density at radius 3 is 2.11 bits per heavy atom. The summed E-state index contributed by atoms with van der Waals surface area (Å²) >= 11 is 0. The molecule has 0 aromatic rings. The quantitative estimate of drug-likeness (QED) is 0.444. The summed E-state index contributed by atoms with van der Waals surface area (Å²) in [5.41, 5.74) is 0. The fraction of sp³-hybridized carbons (Fsp3) is 0.714. The van der Waals surface area contributed by atoms with Gasteiger partial charge in [-0.05, 0) is 19.8 Å². The molecule has 0 aromatic carbocycles. The van der Waals surface area contributed by atoms with Crippen LogP contribution in [0, 0.1) is 5.92 Å². The minimum atomic E-state index is -1.08. The third-order valence-electron chi connectivity index (χ3n) is 2.30. The topological polar surface area (TPSA) is 94.8 Å². The van der Waals surface area contributed by atoms with Gasteiger partial charge in [0.1, 0.15) is 0 Å². The van der Waals surface area contributed by atoms with Crippen LogP contribution in [0.3, 0.4) is 0 Å². The van der Waals surface area contributed by atoms with Crippen molar-refractivity contribution in [2.45, 2.75) is 52.4 Å². The highest BCUT2D eigenvalue weighted by atomic mass is 16.4. The molecule has 5 heteroatoms. The zero-order chi connectivity index (χ0) is 15.1. The van der Waals surface area contributed by atoms with E-state index in [0.29, 0.717) is 0 Å². The molecule has 3 N–H and O–H groups in total. The van der Waals surface area contributed by atoms with E-state index in [4.69, 9.17) is 15.3 Å². The lowest BCUT2D eigenvalue weighted by Crippen LogP contribution is -2.15. The number of hydrogen-bond donors (Lipinski definition) is 3. The average molecular weight is 274 g/mol. The van der Waals surface area contributed by atoms with Gasteiger partial charge in [-0.1, -0.05) is 38.3 Å². The van der Waals surface area contributed by atoms with E-state index in [9.17, 15) is 9.59 Å². The Morgan fingerprint density at radius 1 is 1.11 bits per heavy atom. The fourth-order valence-corrected chi connectivity index (χ4v) is 1.38. The van der Waals surface area contributed by atoms with Crippen LogP contribution in [0.5, 0.6) is 0 Å². The Morgan fingerprint density at radius 2 is 1.68 bits per heavy atom. The van der Waals surface area contributed by atoms with Crippen molar-refractivity contribution in [3.63, 3.8) is 0 Å². The molecule has 0 saturated heterocycles. The Balaban J connectivity index is 0. The largest absolute Gasteiger partial charge is 0.481 e. The van der Waals surface area contributed by atoms with Crippen molar-refractivity contribution in [2.24, 2.45) is 5.92 Å². The van der Waals surface area contributed by atoms with Gasteiger partial charge in [-0.25, -0.2) is 0 Å². The number of allylic oxidation sites excluding steroid dienone is 1. The summed E-state index contributed by atoms with van der Waals surface area (Å²) in [6.45, 7) is 4.06. The second-order valence-electron chi connectivity index (χ2n) is 4.14. The summed E-state index contributed by atoms with van der Waals surface area (Å²) in [6.07, 6.45) is 8.26. The van der Waals surface area contributed by atoms with Crippen LogP contribution in [0.25, 0.3) is 0 Å². The molecule has 19 heavy (non-hydrogen) atoms. The molecule has 0 spiro atoms. The molecule has 0 saturated carbocycles. The number of unbranched alkanes of at least 4 members (excludes halogenated alkanes) is 4. The van der Waals surface area contributed by atoms with Crippen molar-refractivity contribution in [1.29, 1.82) is 0 Å². The molecule has 0 aromatic heterocycles. The maximum absolute atomic E-state index is 10.7. The second kappa shape index (κ2) is 14.7. The summed E-state index contributed by atoms with van der Waals surface area (Å²) in [6, 6.07) is 0. The van der Waals surface area contributed by atoms with Gasteiger partial charge in [0, 0.05) is 6.61 Å². The lowest BCUT2D eigenvalue weighted by molar-refractivity contribution is -0.146. The molecule has 0 radical (unpaired) electrons. The van der Waals surface area contributed by atoms with Gasteiger partial charge in [-0.15, -0.1) is 0 Å². The third kappa shape index (κ3) is 16.6. The van der Waals surface area contributed by atoms with Gasteiger partial charge in [0.15, 0.2) is 0 Å². The van der Waals surface area contributed by atoms with Gasteiger partial charge < -0.3 is 15.3 Å². The molecule has 0 aliphatic rings. The summed E-state index contributed by atoms with van der Waals surface area (Å²) in [4.78, 5) is 21.1. The smallest absolute Gasteiger partial charge is 0.310 e. The number of hydrogen-bond acceptors (Lipinski definition) is 3. The Labute approximate surface area is 115 Å². The predicted molar refractivity (Wildman–Crippen MR) is 74.0 cm³/mol. The SMILES string of the molecule is CCCCCCC=CC(CC(=O)O)C(=O)O.CCO. The van der Waals surface area contributed by atoms with Crippen molar-refractivity contribution < 1.29 is 24.9 Å². The molecule has 112 valence electrons.